The standard InChI is InChI=1S/C12H12ClN3O/c13-12(10-4-2-1-3-5-10)11(6-7-17-12)16-9-14-8-15-16/h1-5,8-9,11H,6-7H2. The molecule has 0 N–H and O–H groups in total. The molecule has 0 saturated carbocycles. The summed E-state index contributed by atoms with van der Waals surface area (Å²) in [7, 11) is 0. The monoisotopic (exact) mass is 249 g/mol. The molecule has 2 heterocycles. The first-order valence-corrected chi connectivity index (χ1v) is 5.91. The van der Waals surface area contributed by atoms with Crippen molar-refractivity contribution < 1.29 is 4.74 Å². The highest BCUT2D eigenvalue weighted by Crippen LogP contribution is 2.47. The average Bonchev–Trinajstić information content (AvgIpc) is 2.99. The topological polar surface area (TPSA) is 39.9 Å². The molecule has 3 rings (SSSR count). The molecule has 0 radical (unpaired) electrons. The fourth-order valence-corrected chi connectivity index (χ4v) is 2.64. The minimum Gasteiger partial charge on any atom is -0.353 e. The Morgan fingerprint density at radius 3 is 2.88 bits per heavy atom. The van der Waals surface area contributed by atoms with E-state index in [2.05, 4.69) is 10.1 Å². The van der Waals surface area contributed by atoms with Gasteiger partial charge in [-0.05, 0) is 6.42 Å². The predicted octanol–water partition coefficient (Wildman–Crippen LogP) is 2.33. The van der Waals surface area contributed by atoms with Gasteiger partial charge in [0.25, 0.3) is 0 Å². The van der Waals surface area contributed by atoms with E-state index < -0.39 is 5.06 Å². The van der Waals surface area contributed by atoms with Gasteiger partial charge in [0.05, 0.1) is 6.61 Å². The Hall–Kier alpha value is -1.39. The zero-order chi connectivity index (χ0) is 11.7. The number of hydrogen-bond acceptors (Lipinski definition) is 3. The number of alkyl halides is 1. The van der Waals surface area contributed by atoms with Gasteiger partial charge in [-0.2, -0.15) is 5.10 Å². The summed E-state index contributed by atoms with van der Waals surface area (Å²) in [5.74, 6) is 0. The molecule has 0 aliphatic carbocycles. The van der Waals surface area contributed by atoms with E-state index in [0.717, 1.165) is 12.0 Å². The van der Waals surface area contributed by atoms with Crippen molar-refractivity contribution >= 4 is 11.6 Å². The maximum atomic E-state index is 6.64. The van der Waals surface area contributed by atoms with Crippen LogP contribution >= 0.6 is 11.6 Å². The van der Waals surface area contributed by atoms with Crippen LogP contribution in [0.3, 0.4) is 0 Å². The highest BCUT2D eigenvalue weighted by atomic mass is 35.5. The van der Waals surface area contributed by atoms with E-state index in [4.69, 9.17) is 16.3 Å². The molecule has 2 aromatic rings. The van der Waals surface area contributed by atoms with Crippen molar-refractivity contribution in [2.24, 2.45) is 0 Å². The highest BCUT2D eigenvalue weighted by Gasteiger charge is 2.45. The van der Waals surface area contributed by atoms with Crippen molar-refractivity contribution in [3.8, 4) is 0 Å². The fraction of sp³-hybridized carbons (Fsp3) is 0.333. The number of hydrogen-bond donors (Lipinski definition) is 0. The summed E-state index contributed by atoms with van der Waals surface area (Å²) >= 11 is 6.64. The number of ether oxygens (including phenoxy) is 1. The molecule has 5 heteroatoms. The lowest BCUT2D eigenvalue weighted by atomic mass is 10.0. The molecule has 1 aliphatic heterocycles. The van der Waals surface area contributed by atoms with Crippen LogP contribution in [0.15, 0.2) is 43.0 Å². The third-order valence-electron chi connectivity index (χ3n) is 3.06. The Morgan fingerprint density at radius 2 is 2.18 bits per heavy atom. The molecule has 88 valence electrons. The van der Waals surface area contributed by atoms with Gasteiger partial charge in [0.15, 0.2) is 5.06 Å². The van der Waals surface area contributed by atoms with E-state index in [9.17, 15) is 0 Å². The van der Waals surface area contributed by atoms with E-state index in [-0.39, 0.29) is 6.04 Å². The van der Waals surface area contributed by atoms with Crippen LogP contribution in [0.4, 0.5) is 0 Å². The molecule has 2 unspecified atom stereocenters. The van der Waals surface area contributed by atoms with E-state index in [1.165, 1.54) is 6.33 Å². The van der Waals surface area contributed by atoms with Crippen molar-refractivity contribution in [1.82, 2.24) is 14.8 Å². The van der Waals surface area contributed by atoms with Gasteiger partial charge >= 0.3 is 0 Å². The number of benzene rings is 1. The lowest BCUT2D eigenvalue weighted by Crippen LogP contribution is -2.28. The second kappa shape index (κ2) is 4.13. The number of halogens is 1. The summed E-state index contributed by atoms with van der Waals surface area (Å²) in [5.41, 5.74) is 0.958. The lowest BCUT2D eigenvalue weighted by molar-refractivity contribution is 0.0495. The molecule has 1 aromatic heterocycles. The van der Waals surface area contributed by atoms with Crippen LogP contribution in [0.5, 0.6) is 0 Å². The van der Waals surface area contributed by atoms with Crippen molar-refractivity contribution in [2.75, 3.05) is 6.61 Å². The Labute approximate surface area is 104 Å². The van der Waals surface area contributed by atoms with Gasteiger partial charge in [-0.1, -0.05) is 41.9 Å². The maximum Gasteiger partial charge on any atom is 0.189 e. The second-order valence-corrected chi connectivity index (χ2v) is 4.60. The highest BCUT2D eigenvalue weighted by molar-refractivity contribution is 6.23. The molecule has 0 bridgehead atoms. The van der Waals surface area contributed by atoms with Crippen LogP contribution in [0, 0.1) is 0 Å². The van der Waals surface area contributed by atoms with Gasteiger partial charge in [-0.3, -0.25) is 0 Å². The third kappa shape index (κ3) is 1.73. The Kier molecular flexibility index (Phi) is 2.61. The van der Waals surface area contributed by atoms with Gasteiger partial charge in [0.2, 0.25) is 0 Å². The van der Waals surface area contributed by atoms with Crippen LogP contribution < -0.4 is 0 Å². The van der Waals surface area contributed by atoms with Crippen molar-refractivity contribution in [3.05, 3.63) is 48.5 Å². The SMILES string of the molecule is ClC1(c2ccccc2)OCCC1n1cncn1. The van der Waals surface area contributed by atoms with Gasteiger partial charge in [-0.15, -0.1) is 0 Å². The number of nitrogens with zero attached hydrogens (tertiary/aromatic N) is 3. The largest absolute Gasteiger partial charge is 0.353 e. The van der Waals surface area contributed by atoms with Crippen LogP contribution in [0.25, 0.3) is 0 Å². The molecule has 4 nitrogen and oxygen atoms in total. The van der Waals surface area contributed by atoms with Crippen LogP contribution in [0.1, 0.15) is 18.0 Å². The van der Waals surface area contributed by atoms with Crippen molar-refractivity contribution in [3.63, 3.8) is 0 Å². The minimum atomic E-state index is -0.838. The first-order chi connectivity index (χ1) is 8.31. The molecular weight excluding hydrogens is 238 g/mol. The lowest BCUT2D eigenvalue weighted by Gasteiger charge is -2.28. The van der Waals surface area contributed by atoms with Crippen molar-refractivity contribution in [1.29, 1.82) is 0 Å². The van der Waals surface area contributed by atoms with E-state index in [1.54, 1.807) is 11.0 Å². The zero-order valence-corrected chi connectivity index (χ0v) is 9.92. The number of rotatable bonds is 2. The molecule has 1 saturated heterocycles. The Morgan fingerprint density at radius 1 is 1.35 bits per heavy atom. The van der Waals surface area contributed by atoms with Gasteiger partial charge in [0, 0.05) is 5.56 Å². The van der Waals surface area contributed by atoms with Crippen LogP contribution in [-0.4, -0.2) is 21.4 Å². The number of aromatic nitrogens is 3. The summed E-state index contributed by atoms with van der Waals surface area (Å²) in [5, 5.41) is 3.32. The summed E-state index contributed by atoms with van der Waals surface area (Å²) in [6, 6.07) is 9.81. The van der Waals surface area contributed by atoms with E-state index in [0.29, 0.717) is 6.61 Å². The van der Waals surface area contributed by atoms with Gasteiger partial charge in [0.1, 0.15) is 18.7 Å². The van der Waals surface area contributed by atoms with Crippen LogP contribution in [-0.2, 0) is 9.80 Å². The quantitative estimate of drug-likeness (QED) is 0.767. The predicted molar refractivity (Wildman–Crippen MR) is 63.6 cm³/mol. The third-order valence-corrected chi connectivity index (χ3v) is 3.63. The van der Waals surface area contributed by atoms with Crippen LogP contribution in [0.2, 0.25) is 0 Å². The summed E-state index contributed by atoms with van der Waals surface area (Å²) in [4.78, 5) is 3.96. The first kappa shape index (κ1) is 10.7. The summed E-state index contributed by atoms with van der Waals surface area (Å²) in [6.45, 7) is 0.628. The molecule has 1 aliphatic rings. The van der Waals surface area contributed by atoms with Crippen molar-refractivity contribution in [2.45, 2.75) is 17.5 Å². The normalized spacial score (nSPS) is 28.4. The molecule has 0 spiro atoms. The Bertz CT molecular complexity index is 488. The maximum absolute atomic E-state index is 6.64. The molecular formula is C12H12ClN3O. The summed E-state index contributed by atoms with van der Waals surface area (Å²) < 4.78 is 7.51. The summed E-state index contributed by atoms with van der Waals surface area (Å²) in [6.07, 6.45) is 4.03. The molecule has 1 aromatic carbocycles. The Balaban J connectivity index is 2.01. The van der Waals surface area contributed by atoms with Gasteiger partial charge < -0.3 is 4.74 Å². The fourth-order valence-electron chi connectivity index (χ4n) is 2.22. The molecule has 17 heavy (non-hydrogen) atoms. The molecule has 2 atom stereocenters. The van der Waals surface area contributed by atoms with E-state index in [1.807, 2.05) is 30.3 Å². The smallest absolute Gasteiger partial charge is 0.189 e. The zero-order valence-electron chi connectivity index (χ0n) is 9.16. The first-order valence-electron chi connectivity index (χ1n) is 5.53. The van der Waals surface area contributed by atoms with E-state index >= 15 is 0 Å². The minimum absolute atomic E-state index is 0.0194. The van der Waals surface area contributed by atoms with Gasteiger partial charge in [-0.25, -0.2) is 9.67 Å². The molecule has 1 fully saturated rings. The molecule has 0 amide bonds. The second-order valence-electron chi connectivity index (χ2n) is 4.04. The average molecular weight is 250 g/mol.